The lowest BCUT2D eigenvalue weighted by molar-refractivity contribution is -0.241. The molecule has 0 amide bonds. The number of nitrogen functional groups attached to an aromatic ring is 1. The number of nitrogens with two attached hydrogens (primary N) is 1. The number of imidazole rings is 1. The largest absolute Gasteiger partial charge is 0.417 e. The van der Waals surface area contributed by atoms with Gasteiger partial charge in [-0.2, -0.15) is 18.2 Å². The molecule has 0 aliphatic carbocycles. The van der Waals surface area contributed by atoms with Crippen molar-refractivity contribution in [3.63, 3.8) is 0 Å². The van der Waals surface area contributed by atoms with Crippen LogP contribution in [0.2, 0.25) is 0 Å². The first-order chi connectivity index (χ1) is 13.1. The summed E-state index contributed by atoms with van der Waals surface area (Å²) in [6.07, 6.45) is -14.7. The summed E-state index contributed by atoms with van der Waals surface area (Å²) < 4.78 is 59.6. The quantitative estimate of drug-likeness (QED) is 0.613. The zero-order valence-electron chi connectivity index (χ0n) is 14.7. The van der Waals surface area contributed by atoms with Crippen molar-refractivity contribution in [3.05, 3.63) is 16.7 Å². The summed E-state index contributed by atoms with van der Waals surface area (Å²) in [5.41, 5.74) is 4.84. The van der Waals surface area contributed by atoms with Gasteiger partial charge in [-0.25, -0.2) is 18.7 Å². The molecule has 0 unspecified atom stereocenters. The highest BCUT2D eigenvalue weighted by atomic mass is 19.4. The number of aryl methyl sites for hydroxylation is 1. The molecule has 0 bridgehead atoms. The maximum Gasteiger partial charge on any atom is 0.417 e. The second-order valence-corrected chi connectivity index (χ2v) is 6.51. The summed E-state index contributed by atoms with van der Waals surface area (Å²) in [5.74, 6) is -0.231. The third-order valence-electron chi connectivity index (χ3n) is 4.59. The summed E-state index contributed by atoms with van der Waals surface area (Å²) in [6, 6.07) is 0. The molecule has 3 rings (SSSR count). The number of halogens is 4. The summed E-state index contributed by atoms with van der Waals surface area (Å²) in [7, 11) is 0. The first-order valence-corrected chi connectivity index (χ1v) is 8.53. The van der Waals surface area contributed by atoms with E-state index in [0.717, 1.165) is 11.0 Å². The Morgan fingerprint density at radius 1 is 1.43 bits per heavy atom. The van der Waals surface area contributed by atoms with Crippen LogP contribution in [0.5, 0.6) is 0 Å². The number of aliphatic hydroxyl groups is 2. The number of fused-ring (bicyclic) bond motifs is 1. The van der Waals surface area contributed by atoms with Crippen LogP contribution in [0, 0.1) is 0 Å². The fourth-order valence-electron chi connectivity index (χ4n) is 3.15. The highest BCUT2D eigenvalue weighted by molar-refractivity contribution is 5.71. The number of hydrogen-bond donors (Lipinski definition) is 3. The molecule has 1 saturated heterocycles. The number of nitrogens with zero attached hydrogens (tertiary/aromatic N) is 4. The van der Waals surface area contributed by atoms with Gasteiger partial charge in [0, 0.05) is 6.54 Å². The third kappa shape index (κ3) is 3.33. The minimum absolute atomic E-state index is 0.119. The van der Waals surface area contributed by atoms with E-state index in [0.29, 0.717) is 6.42 Å². The van der Waals surface area contributed by atoms with Crippen LogP contribution in [0.25, 0.3) is 11.2 Å². The van der Waals surface area contributed by atoms with Crippen LogP contribution in [-0.2, 0) is 11.3 Å². The molecule has 28 heavy (non-hydrogen) atoms. The van der Waals surface area contributed by atoms with E-state index in [9.17, 15) is 32.6 Å². The van der Waals surface area contributed by atoms with Crippen LogP contribution >= 0.6 is 0 Å². The van der Waals surface area contributed by atoms with E-state index >= 15 is 0 Å². The van der Waals surface area contributed by atoms with Crippen molar-refractivity contribution < 1.29 is 32.5 Å². The molecular formula is C15H19F4N5O4. The molecule has 3 heterocycles. The molecule has 5 atom stereocenters. The summed E-state index contributed by atoms with van der Waals surface area (Å²) >= 11 is 0. The molecule has 1 aliphatic rings. The van der Waals surface area contributed by atoms with Crippen molar-refractivity contribution in [2.75, 3.05) is 5.73 Å². The van der Waals surface area contributed by atoms with Gasteiger partial charge in [-0.3, -0.25) is 4.57 Å². The Labute approximate surface area is 155 Å². The van der Waals surface area contributed by atoms with Crippen molar-refractivity contribution in [2.45, 2.75) is 63.2 Å². The van der Waals surface area contributed by atoms with Crippen LogP contribution in [-0.4, -0.2) is 60.0 Å². The molecule has 0 aromatic carbocycles. The highest BCUT2D eigenvalue weighted by Gasteiger charge is 2.56. The molecule has 0 radical (unpaired) electrons. The lowest BCUT2D eigenvalue weighted by Crippen LogP contribution is -2.44. The van der Waals surface area contributed by atoms with Crippen LogP contribution < -0.4 is 11.4 Å². The molecule has 13 heteroatoms. The van der Waals surface area contributed by atoms with Crippen molar-refractivity contribution in [2.24, 2.45) is 0 Å². The summed E-state index contributed by atoms with van der Waals surface area (Å²) in [5, 5.41) is 19.5. The van der Waals surface area contributed by atoms with Crippen molar-refractivity contribution >= 4 is 17.1 Å². The normalized spacial score (nSPS) is 26.8. The number of hydrogen-bond acceptors (Lipinski definition) is 7. The number of aromatic nitrogens is 4. The van der Waals surface area contributed by atoms with E-state index in [1.54, 1.807) is 0 Å². The highest BCUT2D eigenvalue weighted by Crippen LogP contribution is 2.38. The fraction of sp³-hybridized carbons (Fsp3) is 0.667. The molecule has 2 aromatic rings. The number of anilines is 1. The molecule has 0 saturated carbocycles. The maximum atomic E-state index is 14.3. The summed E-state index contributed by atoms with van der Waals surface area (Å²) in [6.45, 7) is 2.13. The monoisotopic (exact) mass is 409 g/mol. The van der Waals surface area contributed by atoms with E-state index in [-0.39, 0.29) is 23.7 Å². The topological polar surface area (TPSA) is 128 Å². The lowest BCUT2D eigenvalue weighted by atomic mass is 10.1. The van der Waals surface area contributed by atoms with Gasteiger partial charge in [-0.15, -0.1) is 0 Å². The van der Waals surface area contributed by atoms with E-state index in [4.69, 9.17) is 10.5 Å². The van der Waals surface area contributed by atoms with E-state index in [1.807, 2.05) is 6.92 Å². The first kappa shape index (κ1) is 20.5. The van der Waals surface area contributed by atoms with Crippen LogP contribution in [0.3, 0.4) is 0 Å². The van der Waals surface area contributed by atoms with Crippen LogP contribution in [0.1, 0.15) is 26.0 Å². The average Bonchev–Trinajstić information content (AvgIpc) is 3.05. The van der Waals surface area contributed by atoms with Gasteiger partial charge in [0.25, 0.3) is 0 Å². The first-order valence-electron chi connectivity index (χ1n) is 8.53. The van der Waals surface area contributed by atoms with E-state index < -0.39 is 42.6 Å². The predicted molar refractivity (Wildman–Crippen MR) is 88.0 cm³/mol. The minimum Gasteiger partial charge on any atom is -0.385 e. The van der Waals surface area contributed by atoms with Gasteiger partial charge in [0.05, 0.1) is 6.20 Å². The molecule has 1 aliphatic heterocycles. The van der Waals surface area contributed by atoms with Gasteiger partial charge < -0.3 is 20.7 Å². The fourth-order valence-corrected chi connectivity index (χ4v) is 3.15. The van der Waals surface area contributed by atoms with Crippen molar-refractivity contribution in [1.29, 1.82) is 0 Å². The molecule has 2 aromatic heterocycles. The van der Waals surface area contributed by atoms with Crippen LogP contribution in [0.4, 0.5) is 23.5 Å². The Morgan fingerprint density at radius 3 is 2.71 bits per heavy atom. The van der Waals surface area contributed by atoms with Gasteiger partial charge >= 0.3 is 11.9 Å². The third-order valence-corrected chi connectivity index (χ3v) is 4.59. The Hall–Kier alpha value is -2.25. The minimum atomic E-state index is -5.17. The van der Waals surface area contributed by atoms with Crippen LogP contribution in [0.15, 0.2) is 11.0 Å². The smallest absolute Gasteiger partial charge is 0.385 e. The Balaban J connectivity index is 2.09. The Bertz CT molecular complexity index is 914. The number of aliphatic hydroxyl groups excluding tert-OH is 2. The number of alkyl halides is 4. The van der Waals surface area contributed by atoms with Gasteiger partial charge in [-0.1, -0.05) is 13.3 Å². The van der Waals surface area contributed by atoms with Crippen molar-refractivity contribution in [3.8, 4) is 0 Å². The van der Waals surface area contributed by atoms with Crippen molar-refractivity contribution in [1.82, 2.24) is 19.1 Å². The molecule has 0 spiro atoms. The second-order valence-electron chi connectivity index (χ2n) is 6.51. The number of unbranched alkanes of at least 4 members (excludes halogenated alkanes) is 1. The SMILES string of the molecule is CCCCn1c(=O)n([C@@H]2O[C@H]([C@@H](O)C(F)(F)F)[C@H](F)[C@H]2O)c2nc(N)ncc21. The Kier molecular flexibility index (Phi) is 5.34. The lowest BCUT2D eigenvalue weighted by Gasteiger charge is -2.22. The number of ether oxygens (including phenoxy) is 1. The van der Waals surface area contributed by atoms with Gasteiger partial charge in [0.1, 0.15) is 17.7 Å². The zero-order chi connectivity index (χ0) is 20.8. The van der Waals surface area contributed by atoms with E-state index in [2.05, 4.69) is 9.97 Å². The van der Waals surface area contributed by atoms with Gasteiger partial charge in [0.15, 0.2) is 24.2 Å². The Morgan fingerprint density at radius 2 is 2.11 bits per heavy atom. The molecule has 1 fully saturated rings. The number of rotatable bonds is 5. The zero-order valence-corrected chi connectivity index (χ0v) is 14.7. The van der Waals surface area contributed by atoms with Gasteiger partial charge in [-0.05, 0) is 6.42 Å². The second kappa shape index (κ2) is 7.29. The molecule has 4 N–H and O–H groups in total. The standard InChI is InChI=1S/C15H19F4N5O4/c1-2-3-4-23-6-5-21-13(20)22-11(6)24(14(23)27)12-8(25)7(16)9(28-12)10(26)15(17,18)19/h5,7-10,12,25-26H,2-4H2,1H3,(H2,20,21,22)/t7-,8-,9+,10-,12-/m1/s1. The molecular weight excluding hydrogens is 390 g/mol. The maximum absolute atomic E-state index is 14.3. The van der Waals surface area contributed by atoms with Gasteiger partial charge in [0.2, 0.25) is 5.95 Å². The molecule has 156 valence electrons. The average molecular weight is 409 g/mol. The van der Waals surface area contributed by atoms with E-state index in [1.165, 1.54) is 10.8 Å². The molecule has 9 nitrogen and oxygen atoms in total. The summed E-state index contributed by atoms with van der Waals surface area (Å²) in [4.78, 5) is 20.5. The predicted octanol–water partition coefficient (Wildman–Crippen LogP) is 0.495.